The highest BCUT2D eigenvalue weighted by Crippen LogP contribution is 2.19. The number of fused-ring (bicyclic) bond motifs is 1. The van der Waals surface area contributed by atoms with Crippen LogP contribution in [0.5, 0.6) is 0 Å². The zero-order chi connectivity index (χ0) is 14.5. The fraction of sp³-hybridized carbons (Fsp3) is 0.471. The van der Waals surface area contributed by atoms with Crippen LogP contribution in [0.1, 0.15) is 31.2 Å². The first kappa shape index (κ1) is 14.1. The van der Waals surface area contributed by atoms with Gasteiger partial charge in [-0.05, 0) is 37.3 Å². The second kappa shape index (κ2) is 6.76. The molecule has 1 unspecified atom stereocenters. The van der Waals surface area contributed by atoms with Crippen molar-refractivity contribution < 1.29 is 9.53 Å². The molecule has 3 rings (SSSR count). The molecule has 0 bridgehead atoms. The number of hydrogen-bond donors (Lipinski definition) is 2. The summed E-state index contributed by atoms with van der Waals surface area (Å²) in [4.78, 5) is 15.2. The van der Waals surface area contributed by atoms with Gasteiger partial charge in [0.25, 0.3) is 0 Å². The first-order chi connectivity index (χ1) is 10.3. The lowest BCUT2D eigenvalue weighted by atomic mass is 10.1. The van der Waals surface area contributed by atoms with Crippen LogP contribution in [0.4, 0.5) is 0 Å². The molecule has 1 aliphatic rings. The molecule has 112 valence electrons. The number of carbonyl (C=O) groups excluding carboxylic acids is 1. The van der Waals surface area contributed by atoms with Gasteiger partial charge in [0.15, 0.2) is 0 Å². The van der Waals surface area contributed by atoms with Crippen molar-refractivity contribution in [2.75, 3.05) is 13.2 Å². The van der Waals surface area contributed by atoms with Crippen LogP contribution < -0.4 is 5.32 Å². The lowest BCUT2D eigenvalue weighted by Crippen LogP contribution is -2.35. The summed E-state index contributed by atoms with van der Waals surface area (Å²) in [5.41, 5.74) is 2.33. The number of aryl methyl sites for hydroxylation is 1. The van der Waals surface area contributed by atoms with Crippen molar-refractivity contribution in [3.8, 4) is 0 Å². The van der Waals surface area contributed by atoms with Crippen LogP contribution in [0.15, 0.2) is 30.5 Å². The normalized spacial score (nSPS) is 18.8. The Hall–Kier alpha value is -1.81. The van der Waals surface area contributed by atoms with Crippen LogP contribution in [0.2, 0.25) is 0 Å². The Morgan fingerprint density at radius 2 is 2.24 bits per heavy atom. The van der Waals surface area contributed by atoms with E-state index in [1.54, 1.807) is 0 Å². The fourth-order valence-corrected chi connectivity index (χ4v) is 2.87. The molecular weight excluding hydrogens is 264 g/mol. The third kappa shape index (κ3) is 3.64. The van der Waals surface area contributed by atoms with Crippen molar-refractivity contribution in [2.45, 2.75) is 38.2 Å². The van der Waals surface area contributed by atoms with Crippen LogP contribution in [0.3, 0.4) is 0 Å². The molecule has 4 heteroatoms. The molecule has 1 aromatic carbocycles. The Morgan fingerprint density at radius 3 is 3.10 bits per heavy atom. The van der Waals surface area contributed by atoms with E-state index in [0.717, 1.165) is 31.4 Å². The second-order valence-corrected chi connectivity index (χ2v) is 5.65. The van der Waals surface area contributed by atoms with E-state index in [2.05, 4.69) is 22.4 Å². The van der Waals surface area contributed by atoms with Gasteiger partial charge in [0.2, 0.25) is 5.91 Å². The summed E-state index contributed by atoms with van der Waals surface area (Å²) < 4.78 is 5.62. The monoisotopic (exact) mass is 286 g/mol. The largest absolute Gasteiger partial charge is 0.376 e. The van der Waals surface area contributed by atoms with Crippen molar-refractivity contribution in [1.29, 1.82) is 0 Å². The number of H-pyrrole nitrogens is 1. The molecule has 1 amide bonds. The summed E-state index contributed by atoms with van der Waals surface area (Å²) in [6.07, 6.45) is 6.90. The van der Waals surface area contributed by atoms with Crippen molar-refractivity contribution in [2.24, 2.45) is 0 Å². The van der Waals surface area contributed by atoms with Crippen LogP contribution in [0.25, 0.3) is 10.9 Å². The van der Waals surface area contributed by atoms with Gasteiger partial charge in [-0.1, -0.05) is 18.2 Å². The van der Waals surface area contributed by atoms with E-state index in [-0.39, 0.29) is 12.0 Å². The Labute approximate surface area is 124 Å². The molecule has 1 fully saturated rings. The molecule has 1 aromatic heterocycles. The van der Waals surface area contributed by atoms with Gasteiger partial charge < -0.3 is 15.0 Å². The minimum atomic E-state index is 0.106. The molecule has 0 radical (unpaired) electrons. The van der Waals surface area contributed by atoms with Gasteiger partial charge in [0, 0.05) is 36.7 Å². The summed E-state index contributed by atoms with van der Waals surface area (Å²) in [7, 11) is 0. The molecule has 0 saturated carbocycles. The van der Waals surface area contributed by atoms with Crippen LogP contribution >= 0.6 is 0 Å². The maximum Gasteiger partial charge on any atom is 0.220 e. The van der Waals surface area contributed by atoms with Gasteiger partial charge >= 0.3 is 0 Å². The highest BCUT2D eigenvalue weighted by Gasteiger charge is 2.14. The molecule has 0 spiro atoms. The summed E-state index contributed by atoms with van der Waals surface area (Å²) in [5, 5.41) is 4.20. The van der Waals surface area contributed by atoms with Crippen molar-refractivity contribution >= 4 is 16.8 Å². The molecule has 1 saturated heterocycles. The number of para-hydroxylation sites is 1. The molecule has 4 nitrogen and oxygen atoms in total. The standard InChI is InChI=1S/C17H22N2O2/c20-17(19-12-14-5-3-4-10-21-14)9-8-13-11-18-16-7-2-1-6-15(13)16/h1-2,6-7,11,14,18H,3-5,8-10,12H2,(H,19,20). The van der Waals surface area contributed by atoms with Gasteiger partial charge in [0.1, 0.15) is 0 Å². The fourth-order valence-electron chi connectivity index (χ4n) is 2.87. The summed E-state index contributed by atoms with van der Waals surface area (Å²) >= 11 is 0. The van der Waals surface area contributed by atoms with E-state index in [4.69, 9.17) is 4.74 Å². The summed E-state index contributed by atoms with van der Waals surface area (Å²) in [6.45, 7) is 1.47. The first-order valence-electron chi connectivity index (χ1n) is 7.76. The van der Waals surface area contributed by atoms with Gasteiger partial charge in [-0.25, -0.2) is 0 Å². The number of aromatic nitrogens is 1. The van der Waals surface area contributed by atoms with Gasteiger partial charge in [-0.15, -0.1) is 0 Å². The number of benzene rings is 1. The quantitative estimate of drug-likeness (QED) is 0.888. The number of ether oxygens (including phenoxy) is 1. The number of aromatic amines is 1. The number of hydrogen-bond acceptors (Lipinski definition) is 2. The minimum Gasteiger partial charge on any atom is -0.376 e. The topological polar surface area (TPSA) is 54.1 Å². The predicted octanol–water partition coefficient (Wildman–Crippen LogP) is 2.79. The summed E-state index contributed by atoms with van der Waals surface area (Å²) in [6, 6.07) is 8.19. The van der Waals surface area contributed by atoms with E-state index >= 15 is 0 Å². The Kier molecular flexibility index (Phi) is 4.55. The number of amides is 1. The summed E-state index contributed by atoms with van der Waals surface area (Å²) in [5.74, 6) is 0.106. The number of rotatable bonds is 5. The molecular formula is C17H22N2O2. The molecule has 2 N–H and O–H groups in total. The van der Waals surface area contributed by atoms with Crippen LogP contribution in [-0.4, -0.2) is 30.1 Å². The molecule has 2 aromatic rings. The Balaban J connectivity index is 1.47. The zero-order valence-electron chi connectivity index (χ0n) is 12.2. The number of carbonyl (C=O) groups is 1. The van der Waals surface area contributed by atoms with Crippen molar-refractivity contribution in [3.63, 3.8) is 0 Å². The van der Waals surface area contributed by atoms with Gasteiger partial charge in [-0.2, -0.15) is 0 Å². The SMILES string of the molecule is O=C(CCc1c[nH]c2ccccc12)NCC1CCCCO1. The van der Waals surface area contributed by atoms with Gasteiger partial charge in [-0.3, -0.25) is 4.79 Å². The lowest BCUT2D eigenvalue weighted by molar-refractivity contribution is -0.121. The zero-order valence-corrected chi connectivity index (χ0v) is 12.2. The maximum absolute atomic E-state index is 11.9. The Morgan fingerprint density at radius 1 is 1.33 bits per heavy atom. The highest BCUT2D eigenvalue weighted by atomic mass is 16.5. The van der Waals surface area contributed by atoms with E-state index in [9.17, 15) is 4.79 Å². The molecule has 2 heterocycles. The van der Waals surface area contributed by atoms with Gasteiger partial charge in [0.05, 0.1) is 6.10 Å². The average Bonchev–Trinajstić information content (AvgIpc) is 2.95. The van der Waals surface area contributed by atoms with E-state index in [1.165, 1.54) is 17.4 Å². The molecule has 1 aliphatic heterocycles. The lowest BCUT2D eigenvalue weighted by Gasteiger charge is -2.22. The van der Waals surface area contributed by atoms with Crippen molar-refractivity contribution in [1.82, 2.24) is 10.3 Å². The smallest absolute Gasteiger partial charge is 0.220 e. The third-order valence-electron chi connectivity index (χ3n) is 4.10. The average molecular weight is 286 g/mol. The van der Waals surface area contributed by atoms with Crippen molar-refractivity contribution in [3.05, 3.63) is 36.0 Å². The van der Waals surface area contributed by atoms with E-state index in [1.807, 2.05) is 18.3 Å². The van der Waals surface area contributed by atoms with E-state index in [0.29, 0.717) is 13.0 Å². The maximum atomic E-state index is 11.9. The first-order valence-corrected chi connectivity index (χ1v) is 7.76. The molecule has 21 heavy (non-hydrogen) atoms. The molecule has 0 aliphatic carbocycles. The Bertz CT molecular complexity index is 600. The van der Waals surface area contributed by atoms with Crippen LogP contribution in [-0.2, 0) is 16.0 Å². The van der Waals surface area contributed by atoms with E-state index < -0.39 is 0 Å². The van der Waals surface area contributed by atoms with Crippen LogP contribution in [0, 0.1) is 0 Å². The third-order valence-corrected chi connectivity index (χ3v) is 4.10. The second-order valence-electron chi connectivity index (χ2n) is 5.65. The number of nitrogens with one attached hydrogen (secondary N) is 2. The minimum absolute atomic E-state index is 0.106. The molecule has 1 atom stereocenters. The predicted molar refractivity (Wildman–Crippen MR) is 83.2 cm³/mol. The highest BCUT2D eigenvalue weighted by molar-refractivity contribution is 5.84.